The molecule has 0 spiro atoms. The van der Waals surface area contributed by atoms with Gasteiger partial charge in [-0.15, -0.1) is 0 Å². The number of nitrogens with zero attached hydrogens (tertiary/aromatic N) is 2. The summed E-state index contributed by atoms with van der Waals surface area (Å²) in [6.45, 7) is 26.6. The van der Waals surface area contributed by atoms with Gasteiger partial charge in [-0.1, -0.05) is 40.2 Å². The maximum Gasteiger partial charge on any atom is 0.235 e. The molecule has 0 aliphatic rings. The minimum absolute atomic E-state index is 0.344. The molecule has 4 heteroatoms. The quantitative estimate of drug-likeness (QED) is 0.280. The van der Waals surface area contributed by atoms with Crippen LogP contribution in [0.2, 0.25) is 0 Å². The van der Waals surface area contributed by atoms with Crippen molar-refractivity contribution in [2.24, 2.45) is 17.2 Å². The van der Waals surface area contributed by atoms with E-state index in [-0.39, 0.29) is 0 Å². The fourth-order valence-corrected chi connectivity index (χ4v) is 3.96. The minimum Gasteiger partial charge on any atom is -0.273 e. The number of nitrogens with two attached hydrogens (primary N) is 1. The van der Waals surface area contributed by atoms with Crippen molar-refractivity contribution in [2.45, 2.75) is 74.9 Å². The van der Waals surface area contributed by atoms with E-state index in [0.29, 0.717) is 17.5 Å². The largest absolute Gasteiger partial charge is 0.273 e. The van der Waals surface area contributed by atoms with Crippen LogP contribution in [0, 0.1) is 11.3 Å². The molecule has 0 rings (SSSR count). The van der Waals surface area contributed by atoms with Crippen LogP contribution in [0.5, 0.6) is 0 Å². The maximum atomic E-state index is 6.04. The first-order valence-electron chi connectivity index (χ1n) is 9.33. The Labute approximate surface area is 140 Å². The van der Waals surface area contributed by atoms with Crippen molar-refractivity contribution in [1.29, 1.82) is 0 Å². The molecule has 2 unspecified atom stereocenters. The molecule has 0 aliphatic carbocycles. The third-order valence-corrected chi connectivity index (χ3v) is 6.33. The van der Waals surface area contributed by atoms with E-state index in [1.807, 2.05) is 0 Å². The summed E-state index contributed by atoms with van der Waals surface area (Å²) in [7, 11) is 0. The monoisotopic (exact) mass is 316 g/mol. The van der Waals surface area contributed by atoms with Crippen LogP contribution < -0.4 is 11.4 Å². The number of quaternary nitrogens is 2. The highest BCUT2D eigenvalue weighted by atomic mass is 15.8. The summed E-state index contributed by atoms with van der Waals surface area (Å²) >= 11 is 0. The minimum atomic E-state index is 0.344. The average molecular weight is 317 g/mol. The van der Waals surface area contributed by atoms with E-state index in [1.165, 1.54) is 6.54 Å². The Morgan fingerprint density at radius 2 is 1.36 bits per heavy atom. The molecule has 4 nitrogen and oxygen atoms in total. The number of rotatable bonds is 10. The summed E-state index contributed by atoms with van der Waals surface area (Å²) < 4.78 is 1.94. The lowest BCUT2D eigenvalue weighted by molar-refractivity contribution is -1.15. The van der Waals surface area contributed by atoms with Crippen molar-refractivity contribution < 1.29 is 9.08 Å². The predicted octanol–water partition coefficient (Wildman–Crippen LogP) is 3.50. The van der Waals surface area contributed by atoms with E-state index in [0.717, 1.165) is 41.7 Å². The van der Waals surface area contributed by atoms with E-state index in [9.17, 15) is 0 Å². The standard InChI is InChI=1S/C18H44N4/c1-10-17(22(13-4,14-5)20-19)21(11-2,12-3)15-16(6)18(7,8)9/h16-17,20H,10-15,19H2,1-9H3/q+2. The Bertz CT molecular complexity index is 292. The van der Waals surface area contributed by atoms with Gasteiger partial charge >= 0.3 is 0 Å². The van der Waals surface area contributed by atoms with Crippen molar-refractivity contribution in [3.05, 3.63) is 0 Å². The molecule has 0 fully saturated rings. The van der Waals surface area contributed by atoms with Gasteiger partial charge in [0, 0.05) is 5.92 Å². The van der Waals surface area contributed by atoms with E-state index < -0.39 is 0 Å². The molecule has 0 amide bonds. The number of hydrazine groups is 1. The molecule has 22 heavy (non-hydrogen) atoms. The summed E-state index contributed by atoms with van der Waals surface area (Å²) in [5, 5.41) is 0. The summed E-state index contributed by atoms with van der Waals surface area (Å²) in [6, 6.07) is 0. The zero-order chi connectivity index (χ0) is 17.6. The molecule has 0 aliphatic heterocycles. The first kappa shape index (κ1) is 21.8. The summed E-state index contributed by atoms with van der Waals surface area (Å²) in [5.74, 6) is 6.72. The van der Waals surface area contributed by atoms with Gasteiger partial charge in [0.1, 0.15) is 0 Å². The average Bonchev–Trinajstić information content (AvgIpc) is 2.50. The second-order valence-electron chi connectivity index (χ2n) is 7.99. The van der Waals surface area contributed by atoms with E-state index in [4.69, 9.17) is 5.84 Å². The van der Waals surface area contributed by atoms with Gasteiger partial charge in [-0.3, -0.25) is 4.48 Å². The zero-order valence-electron chi connectivity index (χ0n) is 16.9. The molecule has 0 bridgehead atoms. The molecule has 2 atom stereocenters. The molecule has 0 aromatic heterocycles. The van der Waals surface area contributed by atoms with Crippen molar-refractivity contribution in [3.63, 3.8) is 0 Å². The summed E-state index contributed by atoms with van der Waals surface area (Å²) in [4.78, 5) is 0. The summed E-state index contributed by atoms with van der Waals surface area (Å²) in [5.41, 5.74) is 3.52. The molecule has 134 valence electrons. The Kier molecular flexibility index (Phi) is 8.56. The Hall–Kier alpha value is -0.160. The zero-order valence-corrected chi connectivity index (χ0v) is 16.9. The van der Waals surface area contributed by atoms with E-state index in [1.54, 1.807) is 0 Å². The second-order valence-corrected chi connectivity index (χ2v) is 7.99. The number of nitrogens with one attached hydrogen (secondary N) is 1. The first-order valence-corrected chi connectivity index (χ1v) is 9.33. The van der Waals surface area contributed by atoms with Crippen molar-refractivity contribution >= 4 is 0 Å². The van der Waals surface area contributed by atoms with Gasteiger partial charge in [0.2, 0.25) is 6.17 Å². The predicted molar refractivity (Wildman–Crippen MR) is 97.6 cm³/mol. The van der Waals surface area contributed by atoms with Gasteiger partial charge in [-0.25, -0.2) is 5.84 Å². The van der Waals surface area contributed by atoms with Gasteiger partial charge in [0.25, 0.3) is 0 Å². The van der Waals surface area contributed by atoms with Gasteiger partial charge in [0.15, 0.2) is 0 Å². The fourth-order valence-electron chi connectivity index (χ4n) is 3.96. The van der Waals surface area contributed by atoms with Crippen LogP contribution in [0.3, 0.4) is 0 Å². The highest BCUT2D eigenvalue weighted by Gasteiger charge is 2.48. The molecule has 0 saturated heterocycles. The smallest absolute Gasteiger partial charge is 0.235 e. The SMILES string of the molecule is CCC([N+](CC)(CC)CC(C)C(C)(C)C)[N+](CC)(CC)NN. The van der Waals surface area contributed by atoms with Crippen molar-refractivity contribution in [3.8, 4) is 0 Å². The van der Waals surface area contributed by atoms with Crippen LogP contribution in [0.4, 0.5) is 0 Å². The second kappa shape index (κ2) is 8.62. The van der Waals surface area contributed by atoms with E-state index in [2.05, 4.69) is 67.8 Å². The first-order chi connectivity index (χ1) is 10.1. The lowest BCUT2D eigenvalue weighted by Crippen LogP contribution is -2.76. The molecule has 0 saturated carbocycles. The Morgan fingerprint density at radius 1 is 0.909 bits per heavy atom. The lowest BCUT2D eigenvalue weighted by atomic mass is 9.81. The molecule has 0 radical (unpaired) electrons. The summed E-state index contributed by atoms with van der Waals surface area (Å²) in [6.07, 6.45) is 1.64. The van der Waals surface area contributed by atoms with Crippen LogP contribution in [0.25, 0.3) is 0 Å². The molecular weight excluding hydrogens is 272 g/mol. The molecule has 0 aromatic carbocycles. The van der Waals surface area contributed by atoms with Crippen LogP contribution >= 0.6 is 0 Å². The number of hydrogen-bond donors (Lipinski definition) is 2. The van der Waals surface area contributed by atoms with Gasteiger partial charge in [-0.05, 0) is 33.1 Å². The van der Waals surface area contributed by atoms with Crippen LogP contribution in [0.15, 0.2) is 0 Å². The molecule has 3 N–H and O–H groups in total. The highest BCUT2D eigenvalue weighted by molar-refractivity contribution is 4.70. The van der Waals surface area contributed by atoms with Gasteiger partial charge < -0.3 is 0 Å². The van der Waals surface area contributed by atoms with Gasteiger partial charge in [0.05, 0.1) is 39.1 Å². The third kappa shape index (κ3) is 4.44. The highest BCUT2D eigenvalue weighted by Crippen LogP contribution is 2.32. The lowest BCUT2D eigenvalue weighted by Gasteiger charge is -2.52. The van der Waals surface area contributed by atoms with Crippen LogP contribution in [-0.4, -0.2) is 48.0 Å². The molecular formula is C18H44N4+2. The fraction of sp³-hybridized carbons (Fsp3) is 1.00. The van der Waals surface area contributed by atoms with Crippen molar-refractivity contribution in [2.75, 3.05) is 32.7 Å². The maximum absolute atomic E-state index is 6.04. The Balaban J connectivity index is 5.76. The van der Waals surface area contributed by atoms with Gasteiger partial charge in [-0.2, -0.15) is 4.59 Å². The molecule has 0 aromatic rings. The topological polar surface area (TPSA) is 38.0 Å². The van der Waals surface area contributed by atoms with Crippen LogP contribution in [0.1, 0.15) is 68.7 Å². The normalized spacial score (nSPS) is 16.6. The van der Waals surface area contributed by atoms with E-state index >= 15 is 0 Å². The Morgan fingerprint density at radius 3 is 1.59 bits per heavy atom. The third-order valence-electron chi connectivity index (χ3n) is 6.33. The molecule has 0 heterocycles. The van der Waals surface area contributed by atoms with Crippen molar-refractivity contribution in [1.82, 2.24) is 5.53 Å². The van der Waals surface area contributed by atoms with Crippen LogP contribution in [-0.2, 0) is 0 Å². The number of hydrogen-bond acceptors (Lipinski definition) is 2.